The van der Waals surface area contributed by atoms with Crippen LogP contribution in [0.25, 0.3) is 0 Å². The predicted molar refractivity (Wildman–Crippen MR) is 83.1 cm³/mol. The maximum absolute atomic E-state index is 12.4. The van der Waals surface area contributed by atoms with Crippen LogP contribution in [0.2, 0.25) is 0 Å². The highest BCUT2D eigenvalue weighted by Gasteiger charge is 2.15. The fourth-order valence-electron chi connectivity index (χ4n) is 2.25. The van der Waals surface area contributed by atoms with E-state index in [4.69, 9.17) is 9.47 Å². The molecule has 0 aliphatic heterocycles. The minimum atomic E-state index is -0.352. The quantitative estimate of drug-likeness (QED) is 0.610. The zero-order valence-corrected chi connectivity index (χ0v) is 12.7. The van der Waals surface area contributed by atoms with E-state index in [9.17, 15) is 4.79 Å². The van der Waals surface area contributed by atoms with Crippen LogP contribution >= 0.6 is 0 Å². The molecule has 3 nitrogen and oxygen atoms in total. The normalized spacial score (nSPS) is 10.2. The largest absolute Gasteiger partial charge is 0.490 e. The molecule has 2 aromatic carbocycles. The van der Waals surface area contributed by atoms with E-state index >= 15 is 0 Å². The monoisotopic (exact) mass is 284 g/mol. The Morgan fingerprint density at radius 3 is 2.38 bits per heavy atom. The second-order valence-corrected chi connectivity index (χ2v) is 4.71. The summed E-state index contributed by atoms with van der Waals surface area (Å²) in [6.07, 6.45) is 0.891. The summed E-state index contributed by atoms with van der Waals surface area (Å²) >= 11 is 0. The summed E-state index contributed by atoms with van der Waals surface area (Å²) in [6, 6.07) is 12.9. The molecule has 0 aliphatic rings. The van der Waals surface area contributed by atoms with Crippen molar-refractivity contribution in [3.05, 3.63) is 59.2 Å². The van der Waals surface area contributed by atoms with Crippen molar-refractivity contribution in [1.82, 2.24) is 0 Å². The molecule has 0 spiro atoms. The smallest absolute Gasteiger partial charge is 0.343 e. The van der Waals surface area contributed by atoms with E-state index in [0.29, 0.717) is 23.7 Å². The highest BCUT2D eigenvalue weighted by atomic mass is 16.6. The molecule has 2 rings (SSSR count). The highest BCUT2D eigenvalue weighted by molar-refractivity contribution is 5.93. The molecule has 0 amide bonds. The lowest BCUT2D eigenvalue weighted by Gasteiger charge is -2.12. The second-order valence-electron chi connectivity index (χ2n) is 4.71. The molecule has 0 atom stereocenters. The lowest BCUT2D eigenvalue weighted by Crippen LogP contribution is -2.12. The van der Waals surface area contributed by atoms with Crippen LogP contribution in [0, 0.1) is 6.92 Å². The summed E-state index contributed by atoms with van der Waals surface area (Å²) in [5.74, 6) is 0.679. The number of hydrogen-bond donors (Lipinski definition) is 0. The van der Waals surface area contributed by atoms with E-state index in [2.05, 4.69) is 6.92 Å². The summed E-state index contributed by atoms with van der Waals surface area (Å²) in [7, 11) is 0. The number of carbonyl (C=O) groups is 1. The first-order valence-electron chi connectivity index (χ1n) is 7.19. The van der Waals surface area contributed by atoms with Gasteiger partial charge in [-0.1, -0.05) is 31.2 Å². The molecule has 21 heavy (non-hydrogen) atoms. The van der Waals surface area contributed by atoms with Gasteiger partial charge in [-0.05, 0) is 49.6 Å². The van der Waals surface area contributed by atoms with Crippen LogP contribution in [0.3, 0.4) is 0 Å². The Labute approximate surface area is 125 Å². The van der Waals surface area contributed by atoms with Crippen LogP contribution in [0.15, 0.2) is 42.5 Å². The second kappa shape index (κ2) is 6.93. The lowest BCUT2D eigenvalue weighted by molar-refractivity contribution is 0.0727. The van der Waals surface area contributed by atoms with Gasteiger partial charge in [-0.3, -0.25) is 0 Å². The zero-order valence-electron chi connectivity index (χ0n) is 12.7. The number of ether oxygens (including phenoxy) is 2. The summed E-state index contributed by atoms with van der Waals surface area (Å²) in [5.41, 5.74) is 2.72. The molecule has 3 heteroatoms. The first kappa shape index (κ1) is 15.1. The standard InChI is InChI=1S/C18H20O3/c1-4-14-9-8-10-15(13(14)3)18(19)21-17-12-7-6-11-16(17)20-5-2/h6-12H,4-5H2,1-3H3. The molecular formula is C18H20O3. The molecule has 0 bridgehead atoms. The Balaban J connectivity index is 2.26. The van der Waals surface area contributed by atoms with Gasteiger partial charge in [-0.2, -0.15) is 0 Å². The first-order valence-corrected chi connectivity index (χ1v) is 7.19. The van der Waals surface area contributed by atoms with Gasteiger partial charge >= 0.3 is 5.97 Å². The van der Waals surface area contributed by atoms with Crippen LogP contribution in [-0.2, 0) is 6.42 Å². The number of rotatable bonds is 5. The van der Waals surface area contributed by atoms with Crippen LogP contribution < -0.4 is 9.47 Å². The average molecular weight is 284 g/mol. The Morgan fingerprint density at radius 2 is 1.71 bits per heavy atom. The Hall–Kier alpha value is -2.29. The van der Waals surface area contributed by atoms with Gasteiger partial charge < -0.3 is 9.47 Å². The maximum atomic E-state index is 12.4. The SMILES string of the molecule is CCOc1ccccc1OC(=O)c1cccc(CC)c1C. The lowest BCUT2D eigenvalue weighted by atomic mass is 10.0. The van der Waals surface area contributed by atoms with Crippen molar-refractivity contribution in [3.8, 4) is 11.5 Å². The highest BCUT2D eigenvalue weighted by Crippen LogP contribution is 2.27. The molecule has 0 saturated carbocycles. The van der Waals surface area contributed by atoms with E-state index in [-0.39, 0.29) is 5.97 Å². The van der Waals surface area contributed by atoms with Gasteiger partial charge in [0.15, 0.2) is 11.5 Å². The fraction of sp³-hybridized carbons (Fsp3) is 0.278. The number of para-hydroxylation sites is 2. The van der Waals surface area contributed by atoms with Crippen molar-refractivity contribution in [2.45, 2.75) is 27.2 Å². The van der Waals surface area contributed by atoms with Crippen LogP contribution in [-0.4, -0.2) is 12.6 Å². The molecule has 0 radical (unpaired) electrons. The van der Waals surface area contributed by atoms with Gasteiger partial charge in [-0.15, -0.1) is 0 Å². The molecule has 0 saturated heterocycles. The summed E-state index contributed by atoms with van der Waals surface area (Å²) in [5, 5.41) is 0. The van der Waals surface area contributed by atoms with Crippen molar-refractivity contribution in [1.29, 1.82) is 0 Å². The number of carbonyl (C=O) groups excluding carboxylic acids is 1. The van der Waals surface area contributed by atoms with E-state index in [1.807, 2.05) is 38.1 Å². The molecular weight excluding hydrogens is 264 g/mol. The van der Waals surface area contributed by atoms with E-state index in [1.165, 1.54) is 0 Å². The van der Waals surface area contributed by atoms with Crippen molar-refractivity contribution in [2.24, 2.45) is 0 Å². The van der Waals surface area contributed by atoms with Gasteiger partial charge in [0.05, 0.1) is 12.2 Å². The summed E-state index contributed by atoms with van der Waals surface area (Å²) in [6.45, 7) is 6.44. The maximum Gasteiger partial charge on any atom is 0.343 e. The molecule has 2 aromatic rings. The van der Waals surface area contributed by atoms with Crippen LogP contribution in [0.1, 0.15) is 35.3 Å². The molecule has 0 aliphatic carbocycles. The third-order valence-corrected chi connectivity index (χ3v) is 3.40. The van der Waals surface area contributed by atoms with Gasteiger partial charge in [0.2, 0.25) is 0 Å². The molecule has 110 valence electrons. The van der Waals surface area contributed by atoms with Crippen molar-refractivity contribution in [2.75, 3.05) is 6.61 Å². The van der Waals surface area contributed by atoms with Crippen LogP contribution in [0.4, 0.5) is 0 Å². The topological polar surface area (TPSA) is 35.5 Å². The average Bonchev–Trinajstić information content (AvgIpc) is 2.49. The first-order chi connectivity index (χ1) is 10.2. The number of hydrogen-bond acceptors (Lipinski definition) is 3. The zero-order chi connectivity index (χ0) is 15.2. The molecule has 0 unspecified atom stereocenters. The Morgan fingerprint density at radius 1 is 1.00 bits per heavy atom. The van der Waals surface area contributed by atoms with E-state index < -0.39 is 0 Å². The Kier molecular flexibility index (Phi) is 4.99. The summed E-state index contributed by atoms with van der Waals surface area (Å²) < 4.78 is 11.0. The molecule has 0 fully saturated rings. The fourth-order valence-corrected chi connectivity index (χ4v) is 2.25. The third kappa shape index (κ3) is 3.43. The van der Waals surface area contributed by atoms with Gasteiger partial charge in [-0.25, -0.2) is 4.79 Å². The van der Waals surface area contributed by atoms with Crippen LogP contribution in [0.5, 0.6) is 11.5 Å². The predicted octanol–water partition coefficient (Wildman–Crippen LogP) is 4.18. The van der Waals surface area contributed by atoms with Crippen molar-refractivity contribution < 1.29 is 14.3 Å². The molecule has 0 N–H and O–H groups in total. The van der Waals surface area contributed by atoms with E-state index in [0.717, 1.165) is 17.5 Å². The minimum Gasteiger partial charge on any atom is -0.490 e. The van der Waals surface area contributed by atoms with Crippen molar-refractivity contribution >= 4 is 5.97 Å². The third-order valence-electron chi connectivity index (χ3n) is 3.40. The number of esters is 1. The van der Waals surface area contributed by atoms with E-state index in [1.54, 1.807) is 18.2 Å². The van der Waals surface area contributed by atoms with Gasteiger partial charge in [0, 0.05) is 0 Å². The van der Waals surface area contributed by atoms with Gasteiger partial charge in [0.1, 0.15) is 0 Å². The summed E-state index contributed by atoms with van der Waals surface area (Å²) in [4.78, 5) is 12.4. The molecule has 0 aromatic heterocycles. The number of benzene rings is 2. The van der Waals surface area contributed by atoms with Crippen molar-refractivity contribution in [3.63, 3.8) is 0 Å². The Bertz CT molecular complexity index is 632. The number of aryl methyl sites for hydroxylation is 1. The molecule has 0 heterocycles. The van der Waals surface area contributed by atoms with Gasteiger partial charge in [0.25, 0.3) is 0 Å². The minimum absolute atomic E-state index is 0.352.